The summed E-state index contributed by atoms with van der Waals surface area (Å²) < 4.78 is 5.85. The lowest BCUT2D eigenvalue weighted by molar-refractivity contribution is -0.139. The van der Waals surface area contributed by atoms with Crippen LogP contribution in [0.15, 0.2) is 42.6 Å². The number of hydroxylamine groups is 1. The van der Waals surface area contributed by atoms with E-state index in [1.54, 1.807) is 45.7 Å². The summed E-state index contributed by atoms with van der Waals surface area (Å²) in [5, 5.41) is 9.41. The third-order valence-electron chi connectivity index (χ3n) is 6.62. The normalized spacial score (nSPS) is 14.7. The molecule has 1 aromatic carbocycles. The standard InChI is InChI=1S/C28H39N5O5/c1-5-12-33(18-25(26(34)30-37)31-13-15-32(16-14-31)27(35)20(2)3)28(36)23-6-8-24(9-7-23)38-19-22-10-11-29-21(4)17-22/h6-11,17,20,25,37H,5,12-16,18-19H2,1-4H3,(H,30,34)/t25-/m0/s1. The summed E-state index contributed by atoms with van der Waals surface area (Å²) in [7, 11) is 0. The number of carbonyl (C=O) groups is 3. The maximum Gasteiger partial charge on any atom is 0.262 e. The molecule has 1 atom stereocenters. The average Bonchev–Trinajstić information content (AvgIpc) is 2.93. The fraction of sp³-hybridized carbons (Fsp3) is 0.500. The number of ether oxygens (including phenoxy) is 1. The summed E-state index contributed by atoms with van der Waals surface area (Å²) in [6.45, 7) is 10.5. The molecule has 38 heavy (non-hydrogen) atoms. The largest absolute Gasteiger partial charge is 0.489 e. The fourth-order valence-corrected chi connectivity index (χ4v) is 4.55. The van der Waals surface area contributed by atoms with E-state index in [0.29, 0.717) is 57.1 Å². The molecule has 0 saturated carbocycles. The van der Waals surface area contributed by atoms with Gasteiger partial charge in [0.15, 0.2) is 0 Å². The summed E-state index contributed by atoms with van der Waals surface area (Å²) in [6.07, 6.45) is 2.45. The van der Waals surface area contributed by atoms with E-state index in [0.717, 1.165) is 11.3 Å². The van der Waals surface area contributed by atoms with Crippen molar-refractivity contribution in [2.24, 2.45) is 5.92 Å². The van der Waals surface area contributed by atoms with E-state index < -0.39 is 11.9 Å². The van der Waals surface area contributed by atoms with Crippen LogP contribution in [-0.4, -0.2) is 87.9 Å². The van der Waals surface area contributed by atoms with E-state index >= 15 is 0 Å². The minimum atomic E-state index is -0.738. The molecule has 3 rings (SSSR count). The maximum absolute atomic E-state index is 13.4. The summed E-state index contributed by atoms with van der Waals surface area (Å²) >= 11 is 0. The van der Waals surface area contributed by atoms with E-state index in [1.165, 1.54) is 0 Å². The van der Waals surface area contributed by atoms with Crippen molar-refractivity contribution in [1.82, 2.24) is 25.2 Å². The smallest absolute Gasteiger partial charge is 0.262 e. The van der Waals surface area contributed by atoms with Crippen molar-refractivity contribution in [3.63, 3.8) is 0 Å². The number of aromatic nitrogens is 1. The molecule has 1 aliphatic heterocycles. The number of benzene rings is 1. The Morgan fingerprint density at radius 1 is 1.11 bits per heavy atom. The van der Waals surface area contributed by atoms with Crippen molar-refractivity contribution in [1.29, 1.82) is 0 Å². The Morgan fingerprint density at radius 3 is 2.37 bits per heavy atom. The van der Waals surface area contributed by atoms with Crippen molar-refractivity contribution < 1.29 is 24.3 Å². The van der Waals surface area contributed by atoms with Gasteiger partial charge in [0.1, 0.15) is 18.4 Å². The first-order chi connectivity index (χ1) is 18.2. The predicted molar refractivity (Wildman–Crippen MR) is 143 cm³/mol. The van der Waals surface area contributed by atoms with Gasteiger partial charge in [-0.3, -0.25) is 29.5 Å². The summed E-state index contributed by atoms with van der Waals surface area (Å²) in [5.74, 6) is -0.138. The van der Waals surface area contributed by atoms with Gasteiger partial charge >= 0.3 is 0 Å². The van der Waals surface area contributed by atoms with Crippen molar-refractivity contribution in [3.05, 3.63) is 59.4 Å². The number of hydrogen-bond donors (Lipinski definition) is 2. The van der Waals surface area contributed by atoms with Crippen molar-refractivity contribution >= 4 is 17.7 Å². The molecule has 1 saturated heterocycles. The van der Waals surface area contributed by atoms with Crippen LogP contribution in [0.3, 0.4) is 0 Å². The second-order valence-electron chi connectivity index (χ2n) is 9.88. The molecule has 10 nitrogen and oxygen atoms in total. The van der Waals surface area contributed by atoms with Crippen molar-refractivity contribution in [2.75, 3.05) is 39.3 Å². The highest BCUT2D eigenvalue weighted by atomic mass is 16.5. The van der Waals surface area contributed by atoms with Crippen LogP contribution < -0.4 is 10.2 Å². The lowest BCUT2D eigenvalue weighted by Crippen LogP contribution is -2.59. The molecule has 2 aromatic rings. The Kier molecular flexibility index (Phi) is 10.6. The van der Waals surface area contributed by atoms with Gasteiger partial charge in [-0.15, -0.1) is 0 Å². The lowest BCUT2D eigenvalue weighted by Gasteiger charge is -2.40. The average molecular weight is 526 g/mol. The number of nitrogens with zero attached hydrogens (tertiary/aromatic N) is 4. The summed E-state index contributed by atoms with van der Waals surface area (Å²) in [4.78, 5) is 48.0. The predicted octanol–water partition coefficient (Wildman–Crippen LogP) is 2.50. The Morgan fingerprint density at radius 2 is 1.79 bits per heavy atom. The van der Waals surface area contributed by atoms with Gasteiger partial charge < -0.3 is 14.5 Å². The highest BCUT2D eigenvalue weighted by Crippen LogP contribution is 2.18. The molecule has 10 heteroatoms. The zero-order valence-corrected chi connectivity index (χ0v) is 22.7. The molecule has 3 amide bonds. The molecule has 0 bridgehead atoms. The van der Waals surface area contributed by atoms with Crippen LogP contribution in [0.4, 0.5) is 0 Å². The molecule has 206 valence electrons. The van der Waals surface area contributed by atoms with Gasteiger partial charge in [0.25, 0.3) is 11.8 Å². The molecular formula is C28H39N5O5. The highest BCUT2D eigenvalue weighted by Gasteiger charge is 2.33. The van der Waals surface area contributed by atoms with Gasteiger partial charge in [0.05, 0.1) is 0 Å². The Labute approximate surface area is 224 Å². The van der Waals surface area contributed by atoms with Crippen LogP contribution in [-0.2, 0) is 16.2 Å². The van der Waals surface area contributed by atoms with E-state index in [4.69, 9.17) is 4.74 Å². The Bertz CT molecular complexity index is 1080. The second kappa shape index (κ2) is 13.9. The number of pyridine rings is 1. The van der Waals surface area contributed by atoms with Gasteiger partial charge in [-0.25, -0.2) is 5.48 Å². The molecular weight excluding hydrogens is 486 g/mol. The van der Waals surface area contributed by atoms with E-state index in [-0.39, 0.29) is 24.3 Å². The fourth-order valence-electron chi connectivity index (χ4n) is 4.55. The van der Waals surface area contributed by atoms with E-state index in [2.05, 4.69) is 4.98 Å². The monoisotopic (exact) mass is 525 g/mol. The van der Waals surface area contributed by atoms with Crippen LogP contribution in [0, 0.1) is 12.8 Å². The molecule has 0 spiro atoms. The molecule has 1 aliphatic rings. The first kappa shape index (κ1) is 29.1. The van der Waals surface area contributed by atoms with Crippen LogP contribution in [0.5, 0.6) is 5.75 Å². The molecule has 0 radical (unpaired) electrons. The molecule has 0 aliphatic carbocycles. The van der Waals surface area contributed by atoms with Gasteiger partial charge in [-0.2, -0.15) is 0 Å². The van der Waals surface area contributed by atoms with E-state index in [9.17, 15) is 19.6 Å². The van der Waals surface area contributed by atoms with E-state index in [1.807, 2.05) is 44.7 Å². The quantitative estimate of drug-likeness (QED) is 0.342. The Hall–Kier alpha value is -3.50. The molecule has 2 N–H and O–H groups in total. The molecule has 1 aromatic heterocycles. The number of nitrogens with one attached hydrogen (secondary N) is 1. The van der Waals surface area contributed by atoms with Crippen molar-refractivity contribution in [2.45, 2.75) is 46.8 Å². The minimum absolute atomic E-state index is 0.0823. The summed E-state index contributed by atoms with van der Waals surface area (Å²) in [6, 6.07) is 10.1. The van der Waals surface area contributed by atoms with Crippen LogP contribution in [0.2, 0.25) is 0 Å². The number of aryl methyl sites for hydroxylation is 1. The zero-order valence-electron chi connectivity index (χ0n) is 22.7. The van der Waals surface area contributed by atoms with Crippen LogP contribution in [0.1, 0.15) is 48.8 Å². The third-order valence-corrected chi connectivity index (χ3v) is 6.62. The first-order valence-corrected chi connectivity index (χ1v) is 13.1. The topological polar surface area (TPSA) is 115 Å². The Balaban J connectivity index is 1.66. The van der Waals surface area contributed by atoms with Gasteiger partial charge in [0, 0.05) is 62.6 Å². The number of amides is 3. The molecule has 1 fully saturated rings. The molecule has 2 heterocycles. The molecule has 0 unspecified atom stereocenters. The minimum Gasteiger partial charge on any atom is -0.489 e. The SMILES string of the molecule is CCCN(C[C@@H](C(=O)NO)N1CCN(C(=O)C(C)C)CC1)C(=O)c1ccc(OCc2ccnc(C)c2)cc1. The van der Waals surface area contributed by atoms with Gasteiger partial charge in [-0.1, -0.05) is 20.8 Å². The number of carbonyl (C=O) groups excluding carboxylic acids is 3. The van der Waals surface area contributed by atoms with Gasteiger partial charge in [-0.05, 0) is 55.3 Å². The van der Waals surface area contributed by atoms with Crippen molar-refractivity contribution in [3.8, 4) is 5.75 Å². The number of hydrogen-bond acceptors (Lipinski definition) is 7. The third kappa shape index (κ3) is 7.75. The number of rotatable bonds is 11. The second-order valence-corrected chi connectivity index (χ2v) is 9.88. The highest BCUT2D eigenvalue weighted by molar-refractivity contribution is 5.95. The zero-order chi connectivity index (χ0) is 27.7. The van der Waals surface area contributed by atoms with Crippen LogP contribution >= 0.6 is 0 Å². The first-order valence-electron chi connectivity index (χ1n) is 13.1. The number of piperazine rings is 1. The summed E-state index contributed by atoms with van der Waals surface area (Å²) in [5.41, 5.74) is 4.17. The maximum atomic E-state index is 13.4. The van der Waals surface area contributed by atoms with Crippen LogP contribution in [0.25, 0.3) is 0 Å². The van der Waals surface area contributed by atoms with Gasteiger partial charge in [0.2, 0.25) is 5.91 Å². The lowest BCUT2D eigenvalue weighted by atomic mass is 10.1.